The van der Waals surface area contributed by atoms with E-state index in [2.05, 4.69) is 15.5 Å². The van der Waals surface area contributed by atoms with Crippen LogP contribution in [0.3, 0.4) is 0 Å². The molecule has 8 nitrogen and oxygen atoms in total. The van der Waals surface area contributed by atoms with Crippen LogP contribution in [-0.4, -0.2) is 68.4 Å². The number of likely N-dealkylation sites (N-methyl/N-ethyl adjacent to an activating group) is 1. The van der Waals surface area contributed by atoms with Crippen LogP contribution in [0.4, 0.5) is 16.2 Å². The number of aliphatic hydroxyl groups excluding tert-OH is 1. The molecule has 2 aliphatic heterocycles. The average molecular weight is 376 g/mol. The highest BCUT2D eigenvalue weighted by Gasteiger charge is 2.22. The summed E-state index contributed by atoms with van der Waals surface area (Å²) < 4.78 is 5.38. The number of nitrogens with zero attached hydrogens (tertiary/aromatic N) is 2. The third kappa shape index (κ3) is 5.11. The Labute approximate surface area is 159 Å². The Morgan fingerprint density at radius 3 is 3.07 bits per heavy atom. The number of hydrogen-bond donors (Lipinski definition) is 3. The molecular formula is C19H28N4O4. The summed E-state index contributed by atoms with van der Waals surface area (Å²) in [7, 11) is 1.69. The summed E-state index contributed by atoms with van der Waals surface area (Å²) in [4.78, 5) is 27.7. The van der Waals surface area contributed by atoms with Gasteiger partial charge < -0.3 is 30.3 Å². The summed E-state index contributed by atoms with van der Waals surface area (Å²) in [6, 6.07) is 4.97. The lowest BCUT2D eigenvalue weighted by molar-refractivity contribution is -0.120. The summed E-state index contributed by atoms with van der Waals surface area (Å²) in [6.07, 6.45) is 3.08. The average Bonchev–Trinajstić information content (AvgIpc) is 2.68. The smallest absolute Gasteiger partial charge is 0.319 e. The van der Waals surface area contributed by atoms with Crippen LogP contribution in [0.5, 0.6) is 5.75 Å². The molecule has 27 heavy (non-hydrogen) atoms. The highest BCUT2D eigenvalue weighted by atomic mass is 16.5. The Bertz CT molecular complexity index is 682. The SMILES string of the molecule is CN1C(=O)COc2ccc(NC(=O)NCCCN3CCC[C@@H](CO)C3)cc21. The molecule has 2 aliphatic rings. The van der Waals surface area contributed by atoms with Crippen LogP contribution in [0.25, 0.3) is 0 Å². The van der Waals surface area contributed by atoms with Crippen molar-refractivity contribution in [2.75, 3.05) is 56.7 Å². The molecule has 2 heterocycles. The molecule has 0 aromatic heterocycles. The number of nitrogens with one attached hydrogen (secondary N) is 2. The van der Waals surface area contributed by atoms with Crippen molar-refractivity contribution in [1.29, 1.82) is 0 Å². The zero-order valence-electron chi connectivity index (χ0n) is 15.7. The first-order valence-corrected chi connectivity index (χ1v) is 9.48. The zero-order valence-corrected chi connectivity index (χ0v) is 15.7. The molecule has 3 amide bonds. The summed E-state index contributed by atoms with van der Waals surface area (Å²) in [5.74, 6) is 0.893. The lowest BCUT2D eigenvalue weighted by Gasteiger charge is -2.31. The van der Waals surface area contributed by atoms with Crippen molar-refractivity contribution in [3.05, 3.63) is 18.2 Å². The van der Waals surface area contributed by atoms with Crippen molar-refractivity contribution < 1.29 is 19.4 Å². The molecule has 0 saturated carbocycles. The molecule has 3 N–H and O–H groups in total. The highest BCUT2D eigenvalue weighted by molar-refractivity contribution is 5.99. The van der Waals surface area contributed by atoms with E-state index in [4.69, 9.17) is 4.74 Å². The lowest BCUT2D eigenvalue weighted by Crippen LogP contribution is -2.39. The maximum atomic E-state index is 12.1. The van der Waals surface area contributed by atoms with Gasteiger partial charge in [0.1, 0.15) is 5.75 Å². The Morgan fingerprint density at radius 1 is 1.41 bits per heavy atom. The van der Waals surface area contributed by atoms with Gasteiger partial charge in [-0.25, -0.2) is 4.79 Å². The molecule has 1 aromatic carbocycles. The van der Waals surface area contributed by atoms with E-state index in [-0.39, 0.29) is 25.2 Å². The van der Waals surface area contributed by atoms with Crippen molar-refractivity contribution >= 4 is 23.3 Å². The standard InChI is InChI=1S/C19H28N4O4/c1-22-16-10-15(5-6-17(16)27-13-18(22)25)21-19(26)20-7-3-9-23-8-2-4-14(11-23)12-24/h5-6,10,14,24H,2-4,7-9,11-13H2,1H3,(H2,20,21,26)/t14-/m1/s1. The van der Waals surface area contributed by atoms with Crippen molar-refractivity contribution in [3.8, 4) is 5.75 Å². The van der Waals surface area contributed by atoms with Gasteiger partial charge in [0.2, 0.25) is 0 Å². The van der Waals surface area contributed by atoms with Crippen molar-refractivity contribution in [1.82, 2.24) is 10.2 Å². The van der Waals surface area contributed by atoms with Gasteiger partial charge in [0.05, 0.1) is 5.69 Å². The maximum absolute atomic E-state index is 12.1. The number of anilines is 2. The Balaban J connectivity index is 1.41. The first-order chi connectivity index (χ1) is 13.1. The van der Waals surface area contributed by atoms with Gasteiger partial charge >= 0.3 is 6.03 Å². The first-order valence-electron chi connectivity index (χ1n) is 9.48. The van der Waals surface area contributed by atoms with Gasteiger partial charge in [-0.1, -0.05) is 0 Å². The number of likely N-dealkylation sites (tertiary alicyclic amines) is 1. The molecule has 1 saturated heterocycles. The molecule has 1 aromatic rings. The number of carbonyl (C=O) groups is 2. The number of ether oxygens (including phenoxy) is 1. The van der Waals surface area contributed by atoms with Crippen molar-refractivity contribution in [3.63, 3.8) is 0 Å². The van der Waals surface area contributed by atoms with Crippen LogP contribution < -0.4 is 20.3 Å². The fourth-order valence-corrected chi connectivity index (χ4v) is 3.53. The molecule has 1 atom stereocenters. The monoisotopic (exact) mass is 376 g/mol. The molecule has 0 aliphatic carbocycles. The molecule has 148 valence electrons. The summed E-state index contributed by atoms with van der Waals surface area (Å²) >= 11 is 0. The Hall–Kier alpha value is -2.32. The van der Waals surface area contributed by atoms with Gasteiger partial charge in [-0.15, -0.1) is 0 Å². The third-order valence-corrected chi connectivity index (χ3v) is 5.10. The first kappa shape index (κ1) is 19.4. The number of hydrogen-bond acceptors (Lipinski definition) is 5. The molecule has 8 heteroatoms. The molecule has 3 rings (SSSR count). The second kappa shape index (κ2) is 9.05. The van der Waals surface area contributed by atoms with Gasteiger partial charge in [-0.05, 0) is 56.5 Å². The fourth-order valence-electron chi connectivity index (χ4n) is 3.53. The van der Waals surface area contributed by atoms with Crippen LogP contribution in [-0.2, 0) is 4.79 Å². The number of benzene rings is 1. The number of aliphatic hydroxyl groups is 1. The van der Waals surface area contributed by atoms with E-state index in [0.29, 0.717) is 29.6 Å². The maximum Gasteiger partial charge on any atom is 0.319 e. The molecule has 0 radical (unpaired) electrons. The molecule has 0 unspecified atom stereocenters. The number of amides is 3. The molecule has 0 bridgehead atoms. The van der Waals surface area contributed by atoms with E-state index >= 15 is 0 Å². The summed E-state index contributed by atoms with van der Waals surface area (Å²) in [6.45, 7) is 3.79. The quantitative estimate of drug-likeness (QED) is 0.650. The second-order valence-corrected chi connectivity index (χ2v) is 7.15. The number of rotatable bonds is 6. The van der Waals surface area contributed by atoms with Gasteiger partial charge in [0, 0.05) is 32.4 Å². The van der Waals surface area contributed by atoms with E-state index in [9.17, 15) is 14.7 Å². The van der Waals surface area contributed by atoms with Crippen LogP contribution in [0.15, 0.2) is 18.2 Å². The fraction of sp³-hybridized carbons (Fsp3) is 0.579. The lowest BCUT2D eigenvalue weighted by atomic mass is 9.99. The summed E-state index contributed by atoms with van der Waals surface area (Å²) in [5, 5.41) is 14.9. The Kier molecular flexibility index (Phi) is 6.52. The van der Waals surface area contributed by atoms with Gasteiger partial charge in [0.25, 0.3) is 5.91 Å². The third-order valence-electron chi connectivity index (χ3n) is 5.10. The van der Waals surface area contributed by atoms with Crippen LogP contribution in [0.1, 0.15) is 19.3 Å². The van der Waals surface area contributed by atoms with Gasteiger partial charge in [0.15, 0.2) is 6.61 Å². The van der Waals surface area contributed by atoms with Crippen LogP contribution in [0, 0.1) is 5.92 Å². The number of piperidine rings is 1. The van der Waals surface area contributed by atoms with Gasteiger partial charge in [-0.3, -0.25) is 4.79 Å². The van der Waals surface area contributed by atoms with Crippen LogP contribution >= 0.6 is 0 Å². The number of carbonyl (C=O) groups excluding carboxylic acids is 2. The molecule has 0 spiro atoms. The zero-order chi connectivity index (χ0) is 19.2. The largest absolute Gasteiger partial charge is 0.482 e. The highest BCUT2D eigenvalue weighted by Crippen LogP contribution is 2.33. The van der Waals surface area contributed by atoms with Gasteiger partial charge in [-0.2, -0.15) is 0 Å². The van der Waals surface area contributed by atoms with E-state index in [1.54, 1.807) is 25.2 Å². The van der Waals surface area contributed by atoms with Crippen molar-refractivity contribution in [2.24, 2.45) is 5.92 Å². The summed E-state index contributed by atoms with van der Waals surface area (Å²) in [5.41, 5.74) is 1.26. The van der Waals surface area contributed by atoms with E-state index < -0.39 is 0 Å². The minimum atomic E-state index is -0.271. The number of urea groups is 1. The Morgan fingerprint density at radius 2 is 2.26 bits per heavy atom. The normalized spacial score (nSPS) is 20.0. The van der Waals surface area contributed by atoms with Crippen LogP contribution in [0.2, 0.25) is 0 Å². The molecular weight excluding hydrogens is 348 g/mol. The predicted molar refractivity (Wildman–Crippen MR) is 103 cm³/mol. The predicted octanol–water partition coefficient (Wildman–Crippen LogP) is 1.26. The minimum absolute atomic E-state index is 0.0346. The van der Waals surface area contributed by atoms with E-state index in [1.165, 1.54) is 4.90 Å². The van der Waals surface area contributed by atoms with E-state index in [1.807, 2.05) is 0 Å². The topological polar surface area (TPSA) is 94.1 Å². The number of fused-ring (bicyclic) bond motifs is 1. The van der Waals surface area contributed by atoms with Crippen molar-refractivity contribution in [2.45, 2.75) is 19.3 Å². The molecule has 1 fully saturated rings. The van der Waals surface area contributed by atoms with E-state index in [0.717, 1.165) is 38.9 Å². The minimum Gasteiger partial charge on any atom is -0.482 e. The second-order valence-electron chi connectivity index (χ2n) is 7.15.